The zero-order valence-electron chi connectivity index (χ0n) is 19.0. The van der Waals surface area contributed by atoms with Gasteiger partial charge in [-0.25, -0.2) is 4.79 Å². The Bertz CT molecular complexity index is 1180. The highest BCUT2D eigenvalue weighted by molar-refractivity contribution is 7.99. The van der Waals surface area contributed by atoms with Gasteiger partial charge >= 0.3 is 12.1 Å². The first kappa shape index (κ1) is 24.3. The quantitative estimate of drug-likeness (QED) is 0.361. The SMILES string of the molecule is O=C(O)Cc1ccccc1NC(=O)CSCCNC(=O)OCC1c2ccccc2-c2ccccc21. The number of nitrogens with one attached hydrogen (secondary N) is 2. The third-order valence-electron chi connectivity index (χ3n) is 5.73. The number of hydrogen-bond donors (Lipinski definition) is 3. The topological polar surface area (TPSA) is 105 Å². The molecule has 0 aliphatic heterocycles. The maximum atomic E-state index is 12.2. The summed E-state index contributed by atoms with van der Waals surface area (Å²) in [5.41, 5.74) is 5.73. The summed E-state index contributed by atoms with van der Waals surface area (Å²) in [7, 11) is 0. The molecule has 4 rings (SSSR count). The Hall–Kier alpha value is -3.78. The van der Waals surface area contributed by atoms with Crippen LogP contribution in [0.3, 0.4) is 0 Å². The summed E-state index contributed by atoms with van der Waals surface area (Å²) in [5, 5.41) is 14.5. The van der Waals surface area contributed by atoms with Crippen molar-refractivity contribution in [3.8, 4) is 11.1 Å². The van der Waals surface area contributed by atoms with E-state index in [9.17, 15) is 14.4 Å². The van der Waals surface area contributed by atoms with Crippen molar-refractivity contribution in [2.75, 3.05) is 30.0 Å². The number of aliphatic carboxylic acids is 1. The summed E-state index contributed by atoms with van der Waals surface area (Å²) in [5.74, 6) is -0.452. The molecule has 3 aromatic rings. The average molecular weight is 491 g/mol. The molecule has 0 atom stereocenters. The van der Waals surface area contributed by atoms with Gasteiger partial charge in [0.25, 0.3) is 0 Å². The van der Waals surface area contributed by atoms with Gasteiger partial charge in [-0.2, -0.15) is 11.8 Å². The number of hydrogen-bond acceptors (Lipinski definition) is 5. The lowest BCUT2D eigenvalue weighted by atomic mass is 9.98. The summed E-state index contributed by atoms with van der Waals surface area (Å²) in [6.07, 6.45) is -0.646. The van der Waals surface area contributed by atoms with Crippen LogP contribution in [0.2, 0.25) is 0 Å². The smallest absolute Gasteiger partial charge is 0.407 e. The first-order valence-electron chi connectivity index (χ1n) is 11.3. The maximum Gasteiger partial charge on any atom is 0.407 e. The fraction of sp³-hybridized carbons (Fsp3) is 0.222. The number of rotatable bonds is 10. The van der Waals surface area contributed by atoms with Crippen LogP contribution in [0.1, 0.15) is 22.6 Å². The third kappa shape index (κ3) is 6.22. The van der Waals surface area contributed by atoms with E-state index in [1.54, 1.807) is 24.3 Å². The molecule has 2 amide bonds. The Morgan fingerprint density at radius 3 is 2.20 bits per heavy atom. The summed E-state index contributed by atoms with van der Waals surface area (Å²) in [6, 6.07) is 23.2. The van der Waals surface area contributed by atoms with E-state index >= 15 is 0 Å². The van der Waals surface area contributed by atoms with Gasteiger partial charge in [0.1, 0.15) is 6.61 Å². The van der Waals surface area contributed by atoms with Gasteiger partial charge < -0.3 is 20.5 Å². The number of ether oxygens (including phenoxy) is 1. The van der Waals surface area contributed by atoms with Gasteiger partial charge in [0.2, 0.25) is 5.91 Å². The minimum absolute atomic E-state index is 0.00947. The van der Waals surface area contributed by atoms with Gasteiger partial charge in [-0.05, 0) is 33.9 Å². The number of benzene rings is 3. The molecule has 0 fully saturated rings. The van der Waals surface area contributed by atoms with Crippen molar-refractivity contribution in [1.29, 1.82) is 0 Å². The van der Waals surface area contributed by atoms with Crippen molar-refractivity contribution in [3.05, 3.63) is 89.5 Å². The van der Waals surface area contributed by atoms with E-state index in [4.69, 9.17) is 9.84 Å². The second-order valence-electron chi connectivity index (χ2n) is 8.08. The molecule has 0 saturated carbocycles. The van der Waals surface area contributed by atoms with Crippen LogP contribution in [0.15, 0.2) is 72.8 Å². The van der Waals surface area contributed by atoms with Crippen molar-refractivity contribution in [3.63, 3.8) is 0 Å². The molecule has 0 aromatic heterocycles. The summed E-state index contributed by atoms with van der Waals surface area (Å²) in [4.78, 5) is 35.4. The zero-order valence-corrected chi connectivity index (χ0v) is 19.8. The summed E-state index contributed by atoms with van der Waals surface area (Å²) in [6.45, 7) is 0.620. The first-order chi connectivity index (χ1) is 17.0. The number of carbonyl (C=O) groups excluding carboxylic acids is 2. The number of carboxylic acids is 1. The molecule has 1 aliphatic rings. The Morgan fingerprint density at radius 2 is 1.51 bits per heavy atom. The van der Waals surface area contributed by atoms with Gasteiger partial charge in [-0.1, -0.05) is 66.7 Å². The molecule has 0 heterocycles. The number of anilines is 1. The molecule has 0 bridgehead atoms. The predicted octanol–water partition coefficient (Wildman–Crippen LogP) is 4.52. The van der Waals surface area contributed by atoms with Crippen molar-refractivity contribution >= 4 is 35.4 Å². The molecule has 0 radical (unpaired) electrons. The molecule has 3 aromatic carbocycles. The van der Waals surface area contributed by atoms with E-state index in [1.807, 2.05) is 24.3 Å². The Balaban J connectivity index is 1.17. The highest BCUT2D eigenvalue weighted by Crippen LogP contribution is 2.44. The molecule has 1 aliphatic carbocycles. The number of amides is 2. The number of thioether (sulfide) groups is 1. The lowest BCUT2D eigenvalue weighted by Gasteiger charge is -2.14. The van der Waals surface area contributed by atoms with Crippen LogP contribution >= 0.6 is 11.8 Å². The standard InChI is InChI=1S/C27H26N2O5S/c30-25(29-24-12-6-1-7-18(24)15-26(31)32)17-35-14-13-28-27(33)34-16-23-21-10-4-2-8-19(21)20-9-3-5-11-22(20)23/h1-12,23H,13-17H2,(H,28,33)(H,29,30)(H,31,32). The number of para-hydroxylation sites is 1. The first-order valence-corrected chi connectivity index (χ1v) is 12.4. The number of carboxylic acid groups (broad SMARTS) is 1. The Morgan fingerprint density at radius 1 is 0.886 bits per heavy atom. The molecule has 0 unspecified atom stereocenters. The number of carbonyl (C=O) groups is 3. The molecule has 35 heavy (non-hydrogen) atoms. The monoisotopic (exact) mass is 490 g/mol. The van der Waals surface area contributed by atoms with Crippen LogP contribution in [-0.4, -0.2) is 47.7 Å². The van der Waals surface area contributed by atoms with Crippen LogP contribution in [0.25, 0.3) is 11.1 Å². The van der Waals surface area contributed by atoms with Gasteiger partial charge in [0.15, 0.2) is 0 Å². The minimum Gasteiger partial charge on any atom is -0.481 e. The third-order valence-corrected chi connectivity index (χ3v) is 6.68. The van der Waals surface area contributed by atoms with Gasteiger partial charge in [0, 0.05) is 23.9 Å². The van der Waals surface area contributed by atoms with Crippen LogP contribution in [-0.2, 0) is 20.7 Å². The van der Waals surface area contributed by atoms with Crippen LogP contribution in [0.4, 0.5) is 10.5 Å². The highest BCUT2D eigenvalue weighted by atomic mass is 32.2. The minimum atomic E-state index is -0.958. The second kappa shape index (κ2) is 11.6. The number of fused-ring (bicyclic) bond motifs is 3. The molecular weight excluding hydrogens is 464 g/mol. The molecule has 7 nitrogen and oxygen atoms in total. The molecule has 0 saturated heterocycles. The Labute approximate surface area is 207 Å². The molecule has 0 spiro atoms. The molecular formula is C27H26N2O5S. The largest absolute Gasteiger partial charge is 0.481 e. The lowest BCUT2D eigenvalue weighted by molar-refractivity contribution is -0.136. The fourth-order valence-corrected chi connectivity index (χ4v) is 4.83. The highest BCUT2D eigenvalue weighted by Gasteiger charge is 2.28. The zero-order chi connectivity index (χ0) is 24.6. The molecule has 3 N–H and O–H groups in total. The molecule has 180 valence electrons. The fourth-order valence-electron chi connectivity index (χ4n) is 4.19. The summed E-state index contributed by atoms with van der Waals surface area (Å²) < 4.78 is 5.50. The molecule has 8 heteroatoms. The second-order valence-corrected chi connectivity index (χ2v) is 9.19. The van der Waals surface area contributed by atoms with Gasteiger partial charge in [-0.15, -0.1) is 0 Å². The summed E-state index contributed by atoms with van der Waals surface area (Å²) >= 11 is 1.37. The lowest BCUT2D eigenvalue weighted by Crippen LogP contribution is -2.28. The Kier molecular flexibility index (Phi) is 8.05. The maximum absolute atomic E-state index is 12.2. The van der Waals surface area contributed by atoms with Crippen LogP contribution < -0.4 is 10.6 Å². The van der Waals surface area contributed by atoms with E-state index in [0.717, 1.165) is 11.1 Å². The van der Waals surface area contributed by atoms with Crippen LogP contribution in [0.5, 0.6) is 0 Å². The van der Waals surface area contributed by atoms with E-state index in [1.165, 1.54) is 22.9 Å². The van der Waals surface area contributed by atoms with Crippen molar-refractivity contribution < 1.29 is 24.2 Å². The van der Waals surface area contributed by atoms with Gasteiger partial charge in [-0.3, -0.25) is 9.59 Å². The van der Waals surface area contributed by atoms with E-state index in [0.29, 0.717) is 23.5 Å². The average Bonchev–Trinajstić information content (AvgIpc) is 3.17. The van der Waals surface area contributed by atoms with E-state index in [2.05, 4.69) is 34.9 Å². The van der Waals surface area contributed by atoms with Crippen molar-refractivity contribution in [2.45, 2.75) is 12.3 Å². The van der Waals surface area contributed by atoms with Crippen molar-refractivity contribution in [1.82, 2.24) is 5.32 Å². The van der Waals surface area contributed by atoms with Crippen molar-refractivity contribution in [2.24, 2.45) is 0 Å². The van der Waals surface area contributed by atoms with E-state index in [-0.39, 0.29) is 30.6 Å². The van der Waals surface area contributed by atoms with E-state index < -0.39 is 12.1 Å². The van der Waals surface area contributed by atoms with Crippen LogP contribution in [0, 0.1) is 0 Å². The van der Waals surface area contributed by atoms with Gasteiger partial charge in [0.05, 0.1) is 12.2 Å². The number of alkyl carbamates (subject to hydrolysis) is 1. The normalized spacial score (nSPS) is 11.9. The predicted molar refractivity (Wildman–Crippen MR) is 137 cm³/mol.